The number of sulfonamides is 1. The number of hydrogen-bond acceptors (Lipinski definition) is 3. The molecule has 2 rings (SSSR count). The Hall–Kier alpha value is -1.54. The molecule has 0 radical (unpaired) electrons. The van der Waals surface area contributed by atoms with Crippen LogP contribution in [0.2, 0.25) is 0 Å². The molecule has 1 fully saturated rings. The highest BCUT2D eigenvalue weighted by atomic mass is 32.2. The molecule has 1 heterocycles. The second-order valence-electron chi connectivity index (χ2n) is 5.34. The lowest BCUT2D eigenvalue weighted by molar-refractivity contribution is -0.150. The van der Waals surface area contributed by atoms with Gasteiger partial charge in [-0.3, -0.25) is 4.79 Å². The predicted octanol–water partition coefficient (Wildman–Crippen LogP) is 1.84. The molecule has 8 heteroatoms. The number of hydrogen-bond donors (Lipinski definition) is 1. The molecule has 1 saturated heterocycles. The molecule has 0 aromatic heterocycles. The summed E-state index contributed by atoms with van der Waals surface area (Å²) in [6.45, 7) is 1.53. The van der Waals surface area contributed by atoms with Crippen LogP contribution in [-0.2, 0) is 14.8 Å². The van der Waals surface area contributed by atoms with Gasteiger partial charge in [0.15, 0.2) is 0 Å². The van der Waals surface area contributed by atoms with E-state index in [-0.39, 0.29) is 25.9 Å². The molecule has 0 atom stereocenters. The summed E-state index contributed by atoms with van der Waals surface area (Å²) in [5.41, 5.74) is -0.979. The van der Waals surface area contributed by atoms with Gasteiger partial charge < -0.3 is 5.11 Å². The number of nitrogens with zero attached hydrogens (tertiary/aromatic N) is 1. The Labute approximate surface area is 121 Å². The van der Waals surface area contributed by atoms with Crippen LogP contribution in [0, 0.1) is 17.0 Å². The van der Waals surface area contributed by atoms with Crippen molar-refractivity contribution in [3.05, 3.63) is 29.8 Å². The maximum atomic E-state index is 13.6. The largest absolute Gasteiger partial charge is 0.481 e. The highest BCUT2D eigenvalue weighted by molar-refractivity contribution is 7.89. The molecule has 0 aliphatic carbocycles. The summed E-state index contributed by atoms with van der Waals surface area (Å²) in [7, 11) is -4.09. The first-order valence-electron chi connectivity index (χ1n) is 6.35. The summed E-state index contributed by atoms with van der Waals surface area (Å²) in [6.07, 6.45) is 0.286. The Morgan fingerprint density at radius 2 is 1.86 bits per heavy atom. The second-order valence-corrected chi connectivity index (χ2v) is 7.25. The van der Waals surface area contributed by atoms with Crippen LogP contribution in [0.3, 0.4) is 0 Å². The fraction of sp³-hybridized carbons (Fsp3) is 0.462. The zero-order valence-corrected chi connectivity index (χ0v) is 12.2. The summed E-state index contributed by atoms with van der Waals surface area (Å²) in [6, 6.07) is 2.27. The van der Waals surface area contributed by atoms with Crippen molar-refractivity contribution < 1.29 is 27.1 Å². The smallest absolute Gasteiger partial charge is 0.309 e. The average Bonchev–Trinajstić information content (AvgIpc) is 2.38. The zero-order chi connectivity index (χ0) is 15.8. The summed E-state index contributed by atoms with van der Waals surface area (Å²) in [5.74, 6) is -2.99. The molecule has 0 unspecified atom stereocenters. The van der Waals surface area contributed by atoms with E-state index in [1.54, 1.807) is 6.92 Å². The highest BCUT2D eigenvalue weighted by Crippen LogP contribution is 2.33. The van der Waals surface area contributed by atoms with Gasteiger partial charge in [-0.15, -0.1) is 0 Å². The van der Waals surface area contributed by atoms with Crippen LogP contribution in [0.5, 0.6) is 0 Å². The van der Waals surface area contributed by atoms with Gasteiger partial charge in [0.2, 0.25) is 10.0 Å². The van der Waals surface area contributed by atoms with E-state index < -0.39 is 37.9 Å². The molecule has 0 bridgehead atoms. The van der Waals surface area contributed by atoms with Crippen molar-refractivity contribution in [1.82, 2.24) is 4.31 Å². The lowest BCUT2D eigenvalue weighted by Gasteiger charge is -2.35. The third-order valence-electron chi connectivity index (χ3n) is 3.85. The highest BCUT2D eigenvalue weighted by Gasteiger charge is 2.40. The van der Waals surface area contributed by atoms with Crippen LogP contribution in [0.15, 0.2) is 23.1 Å². The first kappa shape index (κ1) is 15.8. The minimum atomic E-state index is -4.09. The van der Waals surface area contributed by atoms with Crippen LogP contribution in [0.25, 0.3) is 0 Å². The third kappa shape index (κ3) is 2.91. The van der Waals surface area contributed by atoms with Gasteiger partial charge in [-0.2, -0.15) is 4.31 Å². The van der Waals surface area contributed by atoms with Crippen LogP contribution in [0.4, 0.5) is 8.78 Å². The van der Waals surface area contributed by atoms with Gasteiger partial charge in [0, 0.05) is 19.2 Å². The van der Waals surface area contributed by atoms with Crippen LogP contribution < -0.4 is 0 Å². The first-order chi connectivity index (χ1) is 9.67. The Balaban J connectivity index is 2.25. The summed E-state index contributed by atoms with van der Waals surface area (Å²) < 4.78 is 52.2. The molecule has 5 nitrogen and oxygen atoms in total. The van der Waals surface area contributed by atoms with Crippen molar-refractivity contribution in [2.75, 3.05) is 13.1 Å². The Morgan fingerprint density at radius 1 is 1.29 bits per heavy atom. The van der Waals surface area contributed by atoms with Crippen molar-refractivity contribution in [1.29, 1.82) is 0 Å². The van der Waals surface area contributed by atoms with Gasteiger partial charge in [-0.25, -0.2) is 17.2 Å². The van der Waals surface area contributed by atoms with E-state index in [9.17, 15) is 22.0 Å². The summed E-state index contributed by atoms with van der Waals surface area (Å²) >= 11 is 0. The van der Waals surface area contributed by atoms with E-state index in [2.05, 4.69) is 0 Å². The lowest BCUT2D eigenvalue weighted by atomic mass is 9.81. The lowest BCUT2D eigenvalue weighted by Crippen LogP contribution is -2.45. The maximum absolute atomic E-state index is 13.6. The Morgan fingerprint density at radius 3 is 2.33 bits per heavy atom. The number of carbonyl (C=O) groups is 1. The van der Waals surface area contributed by atoms with Gasteiger partial charge in [-0.05, 0) is 31.9 Å². The predicted molar refractivity (Wildman–Crippen MR) is 70.1 cm³/mol. The quantitative estimate of drug-likeness (QED) is 0.922. The number of carboxylic acids is 1. The van der Waals surface area contributed by atoms with Crippen LogP contribution in [-0.4, -0.2) is 36.9 Å². The maximum Gasteiger partial charge on any atom is 0.309 e. The summed E-state index contributed by atoms with van der Waals surface area (Å²) in [4.78, 5) is 10.5. The number of piperidine rings is 1. The molecule has 1 N–H and O–H groups in total. The van der Waals surface area contributed by atoms with E-state index in [1.807, 2.05) is 0 Å². The van der Waals surface area contributed by atoms with Crippen molar-refractivity contribution in [2.45, 2.75) is 24.7 Å². The number of aliphatic carboxylic acids is 1. The Bertz CT molecular complexity index is 667. The first-order valence-corrected chi connectivity index (χ1v) is 7.79. The molecule has 0 spiro atoms. The van der Waals surface area contributed by atoms with Crippen molar-refractivity contribution in [2.24, 2.45) is 5.41 Å². The van der Waals surface area contributed by atoms with E-state index in [4.69, 9.17) is 5.11 Å². The minimum Gasteiger partial charge on any atom is -0.481 e. The minimum absolute atomic E-state index is 0.0120. The van der Waals surface area contributed by atoms with Crippen molar-refractivity contribution in [3.8, 4) is 0 Å². The third-order valence-corrected chi connectivity index (χ3v) is 5.79. The molecular formula is C13H15F2NO4S. The molecular weight excluding hydrogens is 304 g/mol. The van der Waals surface area contributed by atoms with Crippen molar-refractivity contribution in [3.63, 3.8) is 0 Å². The summed E-state index contributed by atoms with van der Waals surface area (Å²) in [5, 5.41) is 9.11. The fourth-order valence-electron chi connectivity index (χ4n) is 2.26. The number of carboxylic acid groups (broad SMARTS) is 1. The van der Waals surface area contributed by atoms with Gasteiger partial charge in [-0.1, -0.05) is 0 Å². The number of halogens is 2. The normalized spacial score (nSPS) is 19.4. The van der Waals surface area contributed by atoms with Crippen LogP contribution >= 0.6 is 0 Å². The molecule has 0 amide bonds. The average molecular weight is 319 g/mol. The fourth-order valence-corrected chi connectivity index (χ4v) is 3.74. The van der Waals surface area contributed by atoms with E-state index in [0.717, 1.165) is 16.4 Å². The van der Waals surface area contributed by atoms with Gasteiger partial charge in [0.1, 0.15) is 16.5 Å². The second kappa shape index (κ2) is 5.34. The van der Waals surface area contributed by atoms with Gasteiger partial charge in [0.05, 0.1) is 5.41 Å². The van der Waals surface area contributed by atoms with Crippen LogP contribution in [0.1, 0.15) is 19.8 Å². The van der Waals surface area contributed by atoms with Gasteiger partial charge in [0.25, 0.3) is 0 Å². The SMILES string of the molecule is CC1(C(=O)O)CCN(S(=O)(=O)c2ccc(F)cc2F)CC1. The molecule has 1 aromatic carbocycles. The molecule has 116 valence electrons. The monoisotopic (exact) mass is 319 g/mol. The standard InChI is InChI=1S/C13H15F2NO4S/c1-13(12(17)18)4-6-16(7-5-13)21(19,20)11-3-2-9(14)8-10(11)15/h2-3,8H,4-7H2,1H3,(H,17,18). The number of benzene rings is 1. The van der Waals surface area contributed by atoms with Crippen molar-refractivity contribution >= 4 is 16.0 Å². The number of rotatable bonds is 3. The Kier molecular flexibility index (Phi) is 4.03. The molecule has 21 heavy (non-hydrogen) atoms. The van der Waals surface area contributed by atoms with E-state index in [1.165, 1.54) is 0 Å². The topological polar surface area (TPSA) is 74.7 Å². The zero-order valence-electron chi connectivity index (χ0n) is 11.3. The van der Waals surface area contributed by atoms with Gasteiger partial charge >= 0.3 is 5.97 Å². The molecule has 0 saturated carbocycles. The molecule has 1 aliphatic rings. The molecule has 1 aromatic rings. The van der Waals surface area contributed by atoms with E-state index >= 15 is 0 Å². The molecule has 1 aliphatic heterocycles. The van der Waals surface area contributed by atoms with E-state index in [0.29, 0.717) is 6.07 Å².